The monoisotopic (exact) mass is 230 g/mol. The minimum absolute atomic E-state index is 0.148. The average Bonchev–Trinajstić information content (AvgIpc) is 2.23. The number of methoxy groups -OCH3 is 1. The van der Waals surface area contributed by atoms with Crippen molar-refractivity contribution in [2.24, 2.45) is 0 Å². The van der Waals surface area contributed by atoms with Crippen molar-refractivity contribution < 1.29 is 13.5 Å². The Labute approximate surface area is 92.0 Å². The van der Waals surface area contributed by atoms with Crippen LogP contribution in [-0.2, 0) is 0 Å². The minimum Gasteiger partial charge on any atom is -0.494 e. The first-order valence-corrected chi connectivity index (χ1v) is 4.80. The van der Waals surface area contributed by atoms with Gasteiger partial charge in [0.25, 0.3) is 0 Å². The van der Waals surface area contributed by atoms with Crippen molar-refractivity contribution in [2.75, 3.05) is 13.0 Å². The van der Waals surface area contributed by atoms with Crippen molar-refractivity contribution in [1.29, 1.82) is 0 Å². The molecule has 0 aliphatic heterocycles. The van der Waals surface area contributed by atoms with Crippen LogP contribution in [-0.4, -0.2) is 13.0 Å². The van der Waals surface area contributed by atoms with E-state index < -0.39 is 11.6 Å². The molecule has 0 bridgehead atoms. The molecule has 0 amide bonds. The van der Waals surface area contributed by atoms with Gasteiger partial charge in [0, 0.05) is 17.9 Å². The van der Waals surface area contributed by atoms with Crippen LogP contribution in [0.2, 0.25) is 0 Å². The fraction of sp³-hybridized carbons (Fsp3) is 0.273. The number of halogens is 3. The van der Waals surface area contributed by atoms with Gasteiger partial charge >= 0.3 is 0 Å². The summed E-state index contributed by atoms with van der Waals surface area (Å²) in [6, 6.07) is 2.37. The zero-order valence-corrected chi connectivity index (χ0v) is 8.87. The predicted octanol–water partition coefficient (Wildman–Crippen LogP) is 2.95. The van der Waals surface area contributed by atoms with E-state index >= 15 is 0 Å². The zero-order valence-electron chi connectivity index (χ0n) is 8.11. The molecule has 80 valence electrons. The van der Waals surface area contributed by atoms with Crippen LogP contribution in [0.1, 0.15) is 12.0 Å². The molecule has 0 unspecified atom stereocenters. The highest BCUT2D eigenvalue weighted by molar-refractivity contribution is 6.18. The third-order valence-electron chi connectivity index (χ3n) is 1.67. The van der Waals surface area contributed by atoms with Crippen LogP contribution in [0.25, 0.3) is 0 Å². The van der Waals surface area contributed by atoms with Gasteiger partial charge in [0.1, 0.15) is 0 Å². The first-order chi connectivity index (χ1) is 7.19. The highest BCUT2D eigenvalue weighted by Gasteiger charge is 2.09. The third kappa shape index (κ3) is 3.10. The van der Waals surface area contributed by atoms with Gasteiger partial charge in [-0.2, -0.15) is 4.39 Å². The van der Waals surface area contributed by atoms with Gasteiger partial charge < -0.3 is 4.74 Å². The van der Waals surface area contributed by atoms with E-state index in [-0.39, 0.29) is 5.75 Å². The lowest BCUT2D eigenvalue weighted by Gasteiger charge is -2.02. The normalized spacial score (nSPS) is 9.33. The smallest absolute Gasteiger partial charge is 0.200 e. The van der Waals surface area contributed by atoms with Crippen molar-refractivity contribution in [3.63, 3.8) is 0 Å². The van der Waals surface area contributed by atoms with E-state index in [9.17, 15) is 8.78 Å². The van der Waals surface area contributed by atoms with E-state index in [1.54, 1.807) is 0 Å². The Balaban J connectivity index is 3.02. The van der Waals surface area contributed by atoms with Gasteiger partial charge in [-0.1, -0.05) is 11.8 Å². The molecule has 1 nitrogen and oxygen atoms in total. The average molecular weight is 231 g/mol. The van der Waals surface area contributed by atoms with E-state index in [2.05, 4.69) is 16.6 Å². The van der Waals surface area contributed by atoms with E-state index in [4.69, 9.17) is 11.6 Å². The second-order valence-corrected chi connectivity index (χ2v) is 3.09. The van der Waals surface area contributed by atoms with E-state index in [1.807, 2.05) is 0 Å². The summed E-state index contributed by atoms with van der Waals surface area (Å²) < 4.78 is 30.7. The fourth-order valence-electron chi connectivity index (χ4n) is 0.996. The Morgan fingerprint density at radius 2 is 2.13 bits per heavy atom. The highest BCUT2D eigenvalue weighted by Crippen LogP contribution is 2.21. The molecule has 0 fully saturated rings. The second kappa shape index (κ2) is 5.57. The van der Waals surface area contributed by atoms with Gasteiger partial charge in [-0.05, 0) is 12.1 Å². The molecule has 4 heteroatoms. The summed E-state index contributed by atoms with van der Waals surface area (Å²) in [5.41, 5.74) is 0.371. The lowest BCUT2D eigenvalue weighted by atomic mass is 10.2. The number of benzene rings is 1. The fourth-order valence-corrected chi connectivity index (χ4v) is 1.09. The lowest BCUT2D eigenvalue weighted by molar-refractivity contribution is 0.371. The number of rotatable bonds is 2. The van der Waals surface area contributed by atoms with Gasteiger partial charge in [-0.25, -0.2) is 4.39 Å². The van der Waals surface area contributed by atoms with Gasteiger partial charge in [-0.3, -0.25) is 0 Å². The summed E-state index contributed by atoms with van der Waals surface area (Å²) in [5.74, 6) is 3.68. The molecule has 0 atom stereocenters. The topological polar surface area (TPSA) is 9.23 Å². The maximum Gasteiger partial charge on any atom is 0.200 e. The summed E-state index contributed by atoms with van der Waals surface area (Å²) >= 11 is 5.42. The first-order valence-electron chi connectivity index (χ1n) is 4.27. The van der Waals surface area contributed by atoms with Gasteiger partial charge in [-0.15, -0.1) is 11.6 Å². The molecule has 1 aromatic carbocycles. The van der Waals surface area contributed by atoms with E-state index in [0.717, 1.165) is 6.07 Å². The van der Waals surface area contributed by atoms with Crippen LogP contribution in [0.3, 0.4) is 0 Å². The molecular formula is C11H9ClF2O. The minimum atomic E-state index is -1.000. The third-order valence-corrected chi connectivity index (χ3v) is 1.86. The van der Waals surface area contributed by atoms with E-state index in [1.165, 1.54) is 13.2 Å². The molecule has 0 aliphatic rings. The summed E-state index contributed by atoms with van der Waals surface area (Å²) in [6.07, 6.45) is 0.503. The SMILES string of the molecule is COc1cc(C#CCCCl)cc(F)c1F. The Morgan fingerprint density at radius 1 is 1.40 bits per heavy atom. The van der Waals surface area contributed by atoms with Crippen molar-refractivity contribution >= 4 is 11.6 Å². The Morgan fingerprint density at radius 3 is 2.73 bits per heavy atom. The number of alkyl halides is 1. The summed E-state index contributed by atoms with van der Waals surface area (Å²) in [4.78, 5) is 0. The summed E-state index contributed by atoms with van der Waals surface area (Å²) in [5, 5.41) is 0. The molecule has 0 heterocycles. The Bertz CT molecular complexity index is 407. The molecule has 0 aliphatic carbocycles. The molecule has 15 heavy (non-hydrogen) atoms. The molecular weight excluding hydrogens is 222 g/mol. The van der Waals surface area contributed by atoms with Crippen molar-refractivity contribution in [3.05, 3.63) is 29.3 Å². The van der Waals surface area contributed by atoms with Crippen LogP contribution < -0.4 is 4.74 Å². The van der Waals surface area contributed by atoms with Crippen molar-refractivity contribution in [1.82, 2.24) is 0 Å². The largest absolute Gasteiger partial charge is 0.494 e. The molecule has 0 aromatic heterocycles. The lowest BCUT2D eigenvalue weighted by Crippen LogP contribution is -1.93. The van der Waals surface area contributed by atoms with Gasteiger partial charge in [0.05, 0.1) is 7.11 Å². The zero-order chi connectivity index (χ0) is 11.3. The number of hydrogen-bond acceptors (Lipinski definition) is 1. The maximum atomic E-state index is 13.0. The molecule has 1 rings (SSSR count). The number of ether oxygens (including phenoxy) is 1. The van der Waals surface area contributed by atoms with Crippen LogP contribution >= 0.6 is 11.6 Å². The van der Waals surface area contributed by atoms with Crippen LogP contribution in [0, 0.1) is 23.5 Å². The molecule has 0 radical (unpaired) electrons. The molecule has 0 saturated carbocycles. The standard InChI is InChI=1S/C11H9ClF2O/c1-15-10-7-8(4-2-3-5-12)6-9(13)11(10)14/h6-7H,3,5H2,1H3. The molecule has 0 N–H and O–H groups in total. The number of hydrogen-bond donors (Lipinski definition) is 0. The second-order valence-electron chi connectivity index (χ2n) is 2.72. The van der Waals surface area contributed by atoms with Crippen LogP contribution in [0.4, 0.5) is 8.78 Å². The Hall–Kier alpha value is -1.27. The first kappa shape index (κ1) is 11.8. The summed E-state index contributed by atoms with van der Waals surface area (Å²) in [7, 11) is 1.27. The predicted molar refractivity (Wildman–Crippen MR) is 55.1 cm³/mol. The van der Waals surface area contributed by atoms with Crippen LogP contribution in [0.5, 0.6) is 5.75 Å². The molecule has 0 saturated heterocycles. The highest BCUT2D eigenvalue weighted by atomic mass is 35.5. The summed E-state index contributed by atoms with van der Waals surface area (Å²) in [6.45, 7) is 0. The molecule has 1 aromatic rings. The quantitative estimate of drug-likeness (QED) is 0.561. The Kier molecular flexibility index (Phi) is 4.38. The van der Waals surface area contributed by atoms with Crippen molar-refractivity contribution in [3.8, 4) is 17.6 Å². The van der Waals surface area contributed by atoms with Crippen molar-refractivity contribution in [2.45, 2.75) is 6.42 Å². The maximum absolute atomic E-state index is 13.0. The van der Waals surface area contributed by atoms with Gasteiger partial charge in [0.15, 0.2) is 11.6 Å². The molecule has 0 spiro atoms. The van der Waals surface area contributed by atoms with E-state index in [0.29, 0.717) is 17.9 Å². The van der Waals surface area contributed by atoms with Gasteiger partial charge in [0.2, 0.25) is 5.82 Å². The van der Waals surface area contributed by atoms with Crippen LogP contribution in [0.15, 0.2) is 12.1 Å².